The fourth-order valence-electron chi connectivity index (χ4n) is 3.31. The largest absolute Gasteiger partial charge is 0.488 e. The number of hydrogen-bond acceptors (Lipinski definition) is 6. The number of halogens is 3. The van der Waals surface area contributed by atoms with Crippen molar-refractivity contribution in [2.45, 2.75) is 12.8 Å². The number of benzene rings is 3. The van der Waals surface area contributed by atoms with Crippen LogP contribution in [0.3, 0.4) is 0 Å². The van der Waals surface area contributed by atoms with Gasteiger partial charge in [0, 0.05) is 17.7 Å². The fourth-order valence-corrected chi connectivity index (χ4v) is 4.17. The number of hydrogen-bond donors (Lipinski definition) is 1. The summed E-state index contributed by atoms with van der Waals surface area (Å²) in [6.07, 6.45) is -3.27. The average molecular weight is 499 g/mol. The lowest BCUT2D eigenvalue weighted by Crippen LogP contribution is -2.28. The lowest BCUT2D eigenvalue weighted by Gasteiger charge is -2.16. The summed E-state index contributed by atoms with van der Waals surface area (Å²) in [6, 6.07) is 17.2. The van der Waals surface area contributed by atoms with E-state index in [4.69, 9.17) is 10.1 Å². The van der Waals surface area contributed by atoms with Gasteiger partial charge in [-0.3, -0.25) is 25.2 Å². The van der Waals surface area contributed by atoms with Crippen molar-refractivity contribution in [3.63, 3.8) is 0 Å². The van der Waals surface area contributed by atoms with E-state index in [9.17, 15) is 28.1 Å². The number of rotatable bonds is 6. The Balaban J connectivity index is 1.67. The van der Waals surface area contributed by atoms with Gasteiger partial charge in [0.1, 0.15) is 12.4 Å². The van der Waals surface area contributed by atoms with Gasteiger partial charge in [0.2, 0.25) is 0 Å². The SMILES string of the molecule is N=C1SC(=Cc2cc([N+](=O)[O-])ccc2OCc2ccccc2)C(=O)N1c1cccc(C(F)(F)F)c1. The van der Waals surface area contributed by atoms with Crippen molar-refractivity contribution in [3.8, 4) is 5.75 Å². The summed E-state index contributed by atoms with van der Waals surface area (Å²) in [4.78, 5) is 24.6. The molecule has 0 unspecified atom stereocenters. The van der Waals surface area contributed by atoms with Crippen LogP contribution in [0, 0.1) is 15.5 Å². The fraction of sp³-hybridized carbons (Fsp3) is 0.0833. The zero-order valence-corrected chi connectivity index (χ0v) is 18.6. The Bertz CT molecular complexity index is 1340. The molecule has 1 N–H and O–H groups in total. The highest BCUT2D eigenvalue weighted by atomic mass is 32.2. The summed E-state index contributed by atoms with van der Waals surface area (Å²) in [6.45, 7) is 0.169. The highest BCUT2D eigenvalue weighted by Crippen LogP contribution is 2.39. The van der Waals surface area contributed by atoms with Crippen LogP contribution >= 0.6 is 11.8 Å². The Morgan fingerprint density at radius 2 is 1.80 bits per heavy atom. The maximum atomic E-state index is 13.1. The molecule has 1 amide bonds. The number of ether oxygens (including phenoxy) is 1. The van der Waals surface area contributed by atoms with Crippen LogP contribution < -0.4 is 9.64 Å². The summed E-state index contributed by atoms with van der Waals surface area (Å²) in [5.74, 6) is -0.454. The first-order valence-electron chi connectivity index (χ1n) is 10.1. The van der Waals surface area contributed by atoms with Crippen LogP contribution in [0.5, 0.6) is 5.75 Å². The maximum absolute atomic E-state index is 13.1. The van der Waals surface area contributed by atoms with Gasteiger partial charge < -0.3 is 4.74 Å². The van der Waals surface area contributed by atoms with Crippen molar-refractivity contribution >= 4 is 40.3 Å². The highest BCUT2D eigenvalue weighted by Gasteiger charge is 2.36. The van der Waals surface area contributed by atoms with Gasteiger partial charge in [0.05, 0.1) is 21.1 Å². The predicted octanol–water partition coefficient (Wildman–Crippen LogP) is 6.25. The predicted molar refractivity (Wildman–Crippen MR) is 126 cm³/mol. The molecule has 0 radical (unpaired) electrons. The van der Waals surface area contributed by atoms with Crippen molar-refractivity contribution < 1.29 is 27.6 Å². The second kappa shape index (κ2) is 9.63. The van der Waals surface area contributed by atoms with Crippen LogP contribution in [0.4, 0.5) is 24.5 Å². The number of nitro benzene ring substituents is 1. The molecule has 0 saturated carbocycles. The van der Waals surface area contributed by atoms with Crippen molar-refractivity contribution in [2.75, 3.05) is 4.90 Å². The van der Waals surface area contributed by atoms with E-state index in [0.29, 0.717) is 0 Å². The number of anilines is 1. The molecule has 7 nitrogen and oxygen atoms in total. The van der Waals surface area contributed by atoms with Gasteiger partial charge in [-0.25, -0.2) is 0 Å². The number of thioether (sulfide) groups is 1. The van der Waals surface area contributed by atoms with Gasteiger partial charge in [0.15, 0.2) is 5.17 Å². The maximum Gasteiger partial charge on any atom is 0.416 e. The van der Waals surface area contributed by atoms with E-state index in [1.54, 1.807) is 0 Å². The number of carbonyl (C=O) groups is 1. The van der Waals surface area contributed by atoms with Crippen LogP contribution in [0.25, 0.3) is 6.08 Å². The molecule has 3 aromatic rings. The number of nitrogens with one attached hydrogen (secondary N) is 1. The Morgan fingerprint density at radius 3 is 2.49 bits per heavy atom. The molecular formula is C24H16F3N3O4S. The summed E-state index contributed by atoms with van der Waals surface area (Å²) in [7, 11) is 0. The Morgan fingerprint density at radius 1 is 1.06 bits per heavy atom. The van der Waals surface area contributed by atoms with Gasteiger partial charge in [-0.2, -0.15) is 13.2 Å². The monoisotopic (exact) mass is 499 g/mol. The third-order valence-electron chi connectivity index (χ3n) is 4.98. The molecule has 3 aromatic carbocycles. The quantitative estimate of drug-likeness (QED) is 0.246. The first-order chi connectivity index (χ1) is 16.6. The second-order valence-electron chi connectivity index (χ2n) is 7.36. The van der Waals surface area contributed by atoms with Gasteiger partial charge >= 0.3 is 6.18 Å². The molecule has 178 valence electrons. The van der Waals surface area contributed by atoms with Crippen molar-refractivity contribution in [2.24, 2.45) is 0 Å². The minimum absolute atomic E-state index is 0.0115. The van der Waals surface area contributed by atoms with E-state index in [0.717, 1.165) is 40.4 Å². The van der Waals surface area contributed by atoms with Crippen molar-refractivity contribution in [1.29, 1.82) is 5.41 Å². The normalized spacial score (nSPS) is 15.1. The molecular weight excluding hydrogens is 483 g/mol. The Labute approximate surface area is 201 Å². The van der Waals surface area contributed by atoms with Crippen molar-refractivity contribution in [3.05, 3.63) is 105 Å². The van der Waals surface area contributed by atoms with E-state index in [1.165, 1.54) is 30.3 Å². The number of nitrogens with zero attached hydrogens (tertiary/aromatic N) is 2. The summed E-state index contributed by atoms with van der Waals surface area (Å²) < 4.78 is 45.2. The molecule has 1 aliphatic heterocycles. The Kier molecular flexibility index (Phi) is 6.61. The van der Waals surface area contributed by atoms with Gasteiger partial charge in [0.25, 0.3) is 11.6 Å². The molecule has 1 heterocycles. The summed E-state index contributed by atoms with van der Waals surface area (Å²) in [5, 5.41) is 19.2. The minimum Gasteiger partial charge on any atom is -0.488 e. The first-order valence-corrected chi connectivity index (χ1v) is 10.9. The zero-order valence-electron chi connectivity index (χ0n) is 17.8. The van der Waals surface area contributed by atoms with E-state index in [2.05, 4.69) is 0 Å². The minimum atomic E-state index is -4.61. The lowest BCUT2D eigenvalue weighted by molar-refractivity contribution is -0.384. The molecule has 0 bridgehead atoms. The van der Waals surface area contributed by atoms with Gasteiger partial charge in [-0.05, 0) is 47.7 Å². The molecule has 0 aliphatic carbocycles. The zero-order chi connectivity index (χ0) is 25.2. The van der Waals surface area contributed by atoms with Crippen LogP contribution in [-0.4, -0.2) is 16.0 Å². The van der Waals surface area contributed by atoms with Crippen LogP contribution in [0.2, 0.25) is 0 Å². The third-order valence-corrected chi connectivity index (χ3v) is 5.87. The number of amides is 1. The molecule has 0 aromatic heterocycles. The number of alkyl halides is 3. The van der Waals surface area contributed by atoms with E-state index in [-0.39, 0.29) is 39.4 Å². The molecule has 1 fully saturated rings. The van der Waals surface area contributed by atoms with Gasteiger partial charge in [-0.15, -0.1) is 0 Å². The molecule has 1 aliphatic rings. The number of amidine groups is 1. The molecule has 0 spiro atoms. The molecule has 1 saturated heterocycles. The standard InChI is InChI=1S/C24H16F3N3O4S/c25-24(26,27)17-7-4-8-18(13-17)29-22(31)21(35-23(29)28)12-16-11-19(30(32)33)9-10-20(16)34-14-15-5-2-1-3-6-15/h1-13,28H,14H2. The first kappa shape index (κ1) is 24.0. The molecule has 11 heteroatoms. The van der Waals surface area contributed by atoms with Crippen LogP contribution in [-0.2, 0) is 17.6 Å². The highest BCUT2D eigenvalue weighted by molar-refractivity contribution is 8.19. The van der Waals surface area contributed by atoms with E-state index in [1.807, 2.05) is 30.3 Å². The topological polar surface area (TPSA) is 96.5 Å². The Hall–Kier alpha value is -4.12. The van der Waals surface area contributed by atoms with Crippen LogP contribution in [0.15, 0.2) is 77.7 Å². The summed E-state index contributed by atoms with van der Waals surface area (Å²) in [5.41, 5.74) is -0.208. The number of carbonyl (C=O) groups excluding carboxylic acids is 1. The van der Waals surface area contributed by atoms with E-state index >= 15 is 0 Å². The summed E-state index contributed by atoms with van der Waals surface area (Å²) >= 11 is 0.736. The smallest absolute Gasteiger partial charge is 0.416 e. The average Bonchev–Trinajstić information content (AvgIpc) is 3.10. The van der Waals surface area contributed by atoms with Gasteiger partial charge in [-0.1, -0.05) is 36.4 Å². The molecule has 0 atom stereocenters. The molecule has 35 heavy (non-hydrogen) atoms. The second-order valence-corrected chi connectivity index (χ2v) is 8.39. The number of non-ortho nitro benzene ring substituents is 1. The van der Waals surface area contributed by atoms with E-state index < -0.39 is 22.6 Å². The lowest BCUT2D eigenvalue weighted by atomic mass is 10.1. The third kappa shape index (κ3) is 5.35. The van der Waals surface area contributed by atoms with Crippen molar-refractivity contribution in [1.82, 2.24) is 0 Å². The number of nitro groups is 1. The van der Waals surface area contributed by atoms with Crippen LogP contribution in [0.1, 0.15) is 16.7 Å². The molecule has 4 rings (SSSR count).